The molecule has 72 valence electrons. The molecular formula is C11H17NO. The fourth-order valence-corrected chi connectivity index (χ4v) is 1.06. The molecule has 0 atom stereocenters. The molecule has 0 aliphatic rings. The van der Waals surface area contributed by atoms with Crippen LogP contribution in [0.25, 0.3) is 0 Å². The van der Waals surface area contributed by atoms with Crippen molar-refractivity contribution in [2.75, 3.05) is 0 Å². The van der Waals surface area contributed by atoms with Crippen molar-refractivity contribution in [3.63, 3.8) is 0 Å². The Kier molecular flexibility index (Phi) is 4.82. The third kappa shape index (κ3) is 2.90. The number of nitrogens with zero attached hydrogens (tertiary/aromatic N) is 1. The molecule has 0 spiro atoms. The van der Waals surface area contributed by atoms with Gasteiger partial charge in [0.2, 0.25) is 0 Å². The molecule has 0 saturated carbocycles. The van der Waals surface area contributed by atoms with Crippen molar-refractivity contribution < 1.29 is 5.11 Å². The van der Waals surface area contributed by atoms with Gasteiger partial charge in [0.25, 0.3) is 0 Å². The second-order valence-corrected chi connectivity index (χ2v) is 2.61. The standard InChI is InChI=1S/C9H11NO.C2H6/c1-6-4-7(2)9(11)8(5-6)10-3;1-2/h4-5,11H,3H2,1-2H3;1-2H3. The number of aliphatic imine (C=N–C) groups is 1. The van der Waals surface area contributed by atoms with Crippen LogP contribution in [-0.2, 0) is 0 Å². The number of phenolic OH excluding ortho intramolecular Hbond substituents is 1. The van der Waals surface area contributed by atoms with E-state index in [4.69, 9.17) is 0 Å². The molecule has 0 aliphatic heterocycles. The Balaban J connectivity index is 0.000000671. The zero-order valence-corrected chi connectivity index (χ0v) is 8.76. The summed E-state index contributed by atoms with van der Waals surface area (Å²) in [5, 5.41) is 9.39. The van der Waals surface area contributed by atoms with Gasteiger partial charge in [0, 0.05) is 0 Å². The summed E-state index contributed by atoms with van der Waals surface area (Å²) in [4.78, 5) is 3.69. The summed E-state index contributed by atoms with van der Waals surface area (Å²) < 4.78 is 0. The highest BCUT2D eigenvalue weighted by Crippen LogP contribution is 2.30. The van der Waals surface area contributed by atoms with Crippen molar-refractivity contribution in [3.8, 4) is 5.75 Å². The summed E-state index contributed by atoms with van der Waals surface area (Å²) in [5.41, 5.74) is 2.48. The number of hydrogen-bond acceptors (Lipinski definition) is 2. The smallest absolute Gasteiger partial charge is 0.144 e. The van der Waals surface area contributed by atoms with E-state index in [0.717, 1.165) is 11.1 Å². The predicted molar refractivity (Wildman–Crippen MR) is 58.1 cm³/mol. The molecule has 1 N–H and O–H groups in total. The van der Waals surface area contributed by atoms with Crippen LogP contribution < -0.4 is 0 Å². The minimum Gasteiger partial charge on any atom is -0.505 e. The molecule has 2 nitrogen and oxygen atoms in total. The first kappa shape index (κ1) is 11.7. The molecule has 0 aliphatic carbocycles. The highest BCUT2D eigenvalue weighted by atomic mass is 16.3. The maximum absolute atomic E-state index is 9.39. The normalized spacial score (nSPS) is 8.62. The van der Waals surface area contributed by atoms with Gasteiger partial charge in [0.1, 0.15) is 11.4 Å². The van der Waals surface area contributed by atoms with Gasteiger partial charge < -0.3 is 5.11 Å². The predicted octanol–water partition coefficient (Wildman–Crippen LogP) is 3.37. The lowest BCUT2D eigenvalue weighted by Gasteiger charge is -2.03. The van der Waals surface area contributed by atoms with Crippen molar-refractivity contribution in [2.24, 2.45) is 4.99 Å². The van der Waals surface area contributed by atoms with E-state index >= 15 is 0 Å². The van der Waals surface area contributed by atoms with E-state index in [2.05, 4.69) is 11.7 Å². The Hall–Kier alpha value is -1.31. The van der Waals surface area contributed by atoms with E-state index in [1.165, 1.54) is 0 Å². The summed E-state index contributed by atoms with van der Waals surface area (Å²) >= 11 is 0. The first-order valence-electron chi connectivity index (χ1n) is 4.42. The van der Waals surface area contributed by atoms with Gasteiger partial charge in [0.15, 0.2) is 0 Å². The summed E-state index contributed by atoms with van der Waals surface area (Å²) in [7, 11) is 0. The van der Waals surface area contributed by atoms with Gasteiger partial charge in [-0.15, -0.1) is 0 Å². The first-order chi connectivity index (χ1) is 6.15. The molecule has 0 unspecified atom stereocenters. The monoisotopic (exact) mass is 179 g/mol. The van der Waals surface area contributed by atoms with Gasteiger partial charge in [0.05, 0.1) is 0 Å². The number of aromatic hydroxyl groups is 1. The highest BCUT2D eigenvalue weighted by Gasteiger charge is 2.01. The Morgan fingerprint density at radius 3 is 2.23 bits per heavy atom. The molecule has 0 amide bonds. The zero-order valence-electron chi connectivity index (χ0n) is 8.76. The van der Waals surface area contributed by atoms with Crippen LogP contribution in [0.2, 0.25) is 0 Å². The number of rotatable bonds is 1. The summed E-state index contributed by atoms with van der Waals surface area (Å²) in [6.45, 7) is 11.2. The minimum atomic E-state index is 0.227. The first-order valence-corrected chi connectivity index (χ1v) is 4.42. The summed E-state index contributed by atoms with van der Waals surface area (Å²) in [5.74, 6) is 0.227. The fraction of sp³-hybridized carbons (Fsp3) is 0.364. The van der Waals surface area contributed by atoms with Crippen molar-refractivity contribution in [2.45, 2.75) is 27.7 Å². The second-order valence-electron chi connectivity index (χ2n) is 2.61. The molecule has 0 radical (unpaired) electrons. The van der Waals surface area contributed by atoms with Crippen molar-refractivity contribution >= 4 is 12.4 Å². The van der Waals surface area contributed by atoms with E-state index < -0.39 is 0 Å². The Morgan fingerprint density at radius 1 is 1.23 bits per heavy atom. The van der Waals surface area contributed by atoms with Gasteiger partial charge in [-0.25, -0.2) is 0 Å². The molecule has 13 heavy (non-hydrogen) atoms. The second kappa shape index (κ2) is 5.36. The van der Waals surface area contributed by atoms with Crippen LogP contribution in [0.5, 0.6) is 5.75 Å². The van der Waals surface area contributed by atoms with Gasteiger partial charge in [-0.2, -0.15) is 0 Å². The maximum atomic E-state index is 9.39. The Labute approximate surface area is 80.0 Å². The lowest BCUT2D eigenvalue weighted by Crippen LogP contribution is -1.78. The number of hydrogen-bond donors (Lipinski definition) is 1. The van der Waals surface area contributed by atoms with Crippen LogP contribution in [0.1, 0.15) is 25.0 Å². The molecule has 0 heterocycles. The molecule has 1 aromatic rings. The Morgan fingerprint density at radius 2 is 1.77 bits per heavy atom. The van der Waals surface area contributed by atoms with Crippen molar-refractivity contribution in [3.05, 3.63) is 23.3 Å². The molecule has 0 aromatic heterocycles. The Bertz CT molecular complexity index is 292. The van der Waals surface area contributed by atoms with Crippen LogP contribution in [0.4, 0.5) is 5.69 Å². The average Bonchev–Trinajstić information content (AvgIpc) is 2.14. The zero-order chi connectivity index (χ0) is 10.4. The molecule has 0 saturated heterocycles. The molecule has 0 bridgehead atoms. The van der Waals surface area contributed by atoms with Crippen LogP contribution in [0, 0.1) is 13.8 Å². The number of benzene rings is 1. The van der Waals surface area contributed by atoms with E-state index in [0.29, 0.717) is 5.69 Å². The molecule has 1 rings (SSSR count). The lowest BCUT2D eigenvalue weighted by atomic mass is 10.1. The van der Waals surface area contributed by atoms with E-state index in [-0.39, 0.29) is 5.75 Å². The quantitative estimate of drug-likeness (QED) is 0.659. The number of phenols is 1. The largest absolute Gasteiger partial charge is 0.505 e. The molecule has 1 aromatic carbocycles. The SMILES string of the molecule is C=Nc1cc(C)cc(C)c1O.CC. The highest BCUT2D eigenvalue weighted by molar-refractivity contribution is 5.59. The van der Waals surface area contributed by atoms with Crippen LogP contribution in [-0.4, -0.2) is 11.8 Å². The van der Waals surface area contributed by atoms with Crippen LogP contribution >= 0.6 is 0 Å². The number of aryl methyl sites for hydroxylation is 2. The summed E-state index contributed by atoms with van der Waals surface area (Å²) in [6, 6.07) is 3.71. The van der Waals surface area contributed by atoms with E-state index in [1.807, 2.05) is 33.8 Å². The topological polar surface area (TPSA) is 32.6 Å². The summed E-state index contributed by atoms with van der Waals surface area (Å²) in [6.07, 6.45) is 0. The lowest BCUT2D eigenvalue weighted by molar-refractivity contribution is 0.472. The molecule has 2 heteroatoms. The maximum Gasteiger partial charge on any atom is 0.144 e. The van der Waals surface area contributed by atoms with Crippen LogP contribution in [0.15, 0.2) is 17.1 Å². The minimum absolute atomic E-state index is 0.227. The van der Waals surface area contributed by atoms with E-state index in [1.54, 1.807) is 6.07 Å². The van der Waals surface area contributed by atoms with Crippen molar-refractivity contribution in [1.29, 1.82) is 0 Å². The van der Waals surface area contributed by atoms with Gasteiger partial charge in [-0.1, -0.05) is 19.9 Å². The van der Waals surface area contributed by atoms with Gasteiger partial charge in [-0.05, 0) is 37.8 Å². The fourth-order valence-electron chi connectivity index (χ4n) is 1.06. The van der Waals surface area contributed by atoms with Crippen molar-refractivity contribution in [1.82, 2.24) is 0 Å². The average molecular weight is 179 g/mol. The van der Waals surface area contributed by atoms with Crippen LogP contribution in [0.3, 0.4) is 0 Å². The van der Waals surface area contributed by atoms with E-state index in [9.17, 15) is 5.11 Å². The molecule has 0 fully saturated rings. The van der Waals surface area contributed by atoms with Gasteiger partial charge >= 0.3 is 0 Å². The third-order valence-corrected chi connectivity index (χ3v) is 1.60. The molecular weight excluding hydrogens is 162 g/mol. The van der Waals surface area contributed by atoms with Gasteiger partial charge in [-0.3, -0.25) is 4.99 Å². The third-order valence-electron chi connectivity index (χ3n) is 1.60.